The molecule has 2 amide bonds. The minimum atomic E-state index is -0.435. The number of halogens is 1. The summed E-state index contributed by atoms with van der Waals surface area (Å²) in [4.78, 5) is 26.3. The Balaban J connectivity index is 1.23. The van der Waals surface area contributed by atoms with Crippen LogP contribution in [0.3, 0.4) is 0 Å². The Morgan fingerprint density at radius 2 is 1.94 bits per heavy atom. The predicted molar refractivity (Wildman–Crippen MR) is 130 cm³/mol. The smallest absolute Gasteiger partial charge is 0.321 e. The van der Waals surface area contributed by atoms with Gasteiger partial charge in [-0.1, -0.05) is 12.1 Å². The zero-order chi connectivity index (χ0) is 23.8. The number of urea groups is 1. The van der Waals surface area contributed by atoms with Gasteiger partial charge in [-0.15, -0.1) is 0 Å². The lowest BCUT2D eigenvalue weighted by molar-refractivity contribution is 0.222. The third-order valence-electron chi connectivity index (χ3n) is 6.23. The number of anilines is 1. The van der Waals surface area contributed by atoms with Crippen molar-refractivity contribution in [1.82, 2.24) is 19.9 Å². The molecule has 4 heterocycles. The number of hydrogen-bond acceptors (Lipinski definition) is 5. The first-order valence-electron chi connectivity index (χ1n) is 11.7. The number of hydrogen-bond donors (Lipinski definition) is 2. The summed E-state index contributed by atoms with van der Waals surface area (Å²) in [6.45, 7) is 2.80. The number of aromatic nitrogens is 3. The summed E-state index contributed by atoms with van der Waals surface area (Å²) in [5.41, 5.74) is 3.83. The van der Waals surface area contributed by atoms with Crippen molar-refractivity contribution in [1.29, 1.82) is 0 Å². The second-order valence-corrected chi connectivity index (χ2v) is 8.79. The lowest BCUT2D eigenvalue weighted by atomic mass is 10.1. The van der Waals surface area contributed by atoms with E-state index in [1.54, 1.807) is 23.2 Å². The number of carbonyl (C=O) groups excluding carboxylic acids is 1. The average Bonchev–Trinajstić information content (AvgIpc) is 3.36. The van der Waals surface area contributed by atoms with Crippen LogP contribution in [0, 0.1) is 5.82 Å². The van der Waals surface area contributed by atoms with Crippen LogP contribution >= 0.6 is 0 Å². The van der Waals surface area contributed by atoms with Crippen LogP contribution in [0.5, 0.6) is 5.75 Å². The van der Waals surface area contributed by atoms with Gasteiger partial charge in [0, 0.05) is 30.5 Å². The van der Waals surface area contributed by atoms with Gasteiger partial charge < -0.3 is 24.7 Å². The average molecular weight is 474 g/mol. The number of nitrogens with one attached hydrogen (secondary N) is 2. The van der Waals surface area contributed by atoms with E-state index in [9.17, 15) is 9.18 Å². The fourth-order valence-corrected chi connectivity index (χ4v) is 4.19. The number of epoxide rings is 1. The highest BCUT2D eigenvalue weighted by Crippen LogP contribution is 2.29. The van der Waals surface area contributed by atoms with Gasteiger partial charge in [-0.3, -0.25) is 0 Å². The maximum absolute atomic E-state index is 14.7. The van der Waals surface area contributed by atoms with Gasteiger partial charge in [0.05, 0.1) is 17.7 Å². The van der Waals surface area contributed by atoms with E-state index in [0.29, 0.717) is 29.3 Å². The van der Waals surface area contributed by atoms with Crippen LogP contribution in [-0.2, 0) is 4.74 Å². The molecule has 9 heteroatoms. The quantitative estimate of drug-likeness (QED) is 0.391. The number of fused-ring (bicyclic) bond motifs is 1. The fraction of sp³-hybridized carbons (Fsp3) is 0.269. The van der Waals surface area contributed by atoms with E-state index in [1.165, 1.54) is 6.07 Å². The van der Waals surface area contributed by atoms with Gasteiger partial charge >= 0.3 is 6.03 Å². The molecule has 8 nitrogen and oxygen atoms in total. The maximum Gasteiger partial charge on any atom is 0.321 e. The highest BCUT2D eigenvalue weighted by Gasteiger charge is 2.23. The molecule has 0 spiro atoms. The Labute approximate surface area is 201 Å². The van der Waals surface area contributed by atoms with E-state index in [2.05, 4.69) is 20.3 Å². The number of amides is 2. The molecule has 4 aromatic rings. The van der Waals surface area contributed by atoms with Crippen LogP contribution < -0.4 is 10.1 Å². The zero-order valence-electron chi connectivity index (χ0n) is 19.0. The molecule has 2 fully saturated rings. The first-order valence-corrected chi connectivity index (χ1v) is 11.7. The molecule has 2 aliphatic rings. The number of benzene rings is 2. The summed E-state index contributed by atoms with van der Waals surface area (Å²) in [6.07, 6.45) is 3.96. The second kappa shape index (κ2) is 8.99. The monoisotopic (exact) mass is 473 g/mol. The molecule has 0 bridgehead atoms. The van der Waals surface area contributed by atoms with Gasteiger partial charge in [0.25, 0.3) is 0 Å². The van der Waals surface area contributed by atoms with E-state index in [1.807, 2.05) is 30.3 Å². The van der Waals surface area contributed by atoms with Crippen molar-refractivity contribution in [2.45, 2.75) is 18.9 Å². The molecule has 2 aromatic heterocycles. The Bertz CT molecular complexity index is 1380. The van der Waals surface area contributed by atoms with Crippen molar-refractivity contribution in [3.8, 4) is 28.3 Å². The number of carbonyl (C=O) groups is 1. The molecular formula is C26H24FN5O3. The van der Waals surface area contributed by atoms with Crippen molar-refractivity contribution in [3.05, 3.63) is 60.5 Å². The summed E-state index contributed by atoms with van der Waals surface area (Å²) in [5.74, 6) is 0.704. The third-order valence-corrected chi connectivity index (χ3v) is 6.23. The first-order chi connectivity index (χ1) is 17.1. The largest absolute Gasteiger partial charge is 0.491 e. The van der Waals surface area contributed by atoms with E-state index in [-0.39, 0.29) is 17.7 Å². The summed E-state index contributed by atoms with van der Waals surface area (Å²) in [6, 6.07) is 14.0. The Hall–Kier alpha value is -3.98. The van der Waals surface area contributed by atoms with Crippen molar-refractivity contribution in [2.24, 2.45) is 0 Å². The molecule has 178 valence electrons. The van der Waals surface area contributed by atoms with Crippen LogP contribution in [0.1, 0.15) is 12.8 Å². The molecule has 2 aliphatic heterocycles. The maximum atomic E-state index is 14.7. The molecule has 1 atom stereocenters. The molecule has 6 rings (SSSR count). The number of rotatable bonds is 6. The van der Waals surface area contributed by atoms with Crippen molar-refractivity contribution >= 4 is 22.9 Å². The lowest BCUT2D eigenvalue weighted by Crippen LogP contribution is -2.32. The Morgan fingerprint density at radius 3 is 2.71 bits per heavy atom. The topological polar surface area (TPSA) is 95.7 Å². The van der Waals surface area contributed by atoms with Gasteiger partial charge in [0.2, 0.25) is 0 Å². The number of ether oxygens (including phenoxy) is 2. The Morgan fingerprint density at radius 1 is 1.14 bits per heavy atom. The summed E-state index contributed by atoms with van der Waals surface area (Å²) in [7, 11) is 0. The van der Waals surface area contributed by atoms with Crippen LogP contribution in [0.4, 0.5) is 14.9 Å². The van der Waals surface area contributed by atoms with Gasteiger partial charge in [0.15, 0.2) is 5.65 Å². The molecular weight excluding hydrogens is 449 g/mol. The van der Waals surface area contributed by atoms with Gasteiger partial charge in [0.1, 0.15) is 30.1 Å². The third kappa shape index (κ3) is 4.67. The number of aromatic amines is 1. The fourth-order valence-electron chi connectivity index (χ4n) is 4.19. The molecule has 2 N–H and O–H groups in total. The van der Waals surface area contributed by atoms with Crippen LogP contribution in [0.2, 0.25) is 0 Å². The highest BCUT2D eigenvalue weighted by molar-refractivity contribution is 5.90. The van der Waals surface area contributed by atoms with E-state index in [4.69, 9.17) is 9.47 Å². The molecule has 0 aliphatic carbocycles. The normalized spacial score (nSPS) is 17.1. The Kier molecular flexibility index (Phi) is 5.54. The summed E-state index contributed by atoms with van der Waals surface area (Å²) < 4.78 is 25.6. The lowest BCUT2D eigenvalue weighted by Gasteiger charge is -2.16. The summed E-state index contributed by atoms with van der Waals surface area (Å²) >= 11 is 0. The highest BCUT2D eigenvalue weighted by atomic mass is 19.1. The van der Waals surface area contributed by atoms with Crippen LogP contribution in [-0.4, -0.2) is 58.3 Å². The zero-order valence-corrected chi connectivity index (χ0v) is 19.0. The number of pyridine rings is 1. The molecule has 1 unspecified atom stereocenters. The van der Waals surface area contributed by atoms with Gasteiger partial charge in [-0.25, -0.2) is 19.2 Å². The van der Waals surface area contributed by atoms with Crippen molar-refractivity contribution in [3.63, 3.8) is 0 Å². The van der Waals surface area contributed by atoms with Crippen molar-refractivity contribution < 1.29 is 18.7 Å². The summed E-state index contributed by atoms with van der Waals surface area (Å²) in [5, 5.41) is 2.85. The first kappa shape index (κ1) is 21.5. The van der Waals surface area contributed by atoms with E-state index < -0.39 is 5.82 Å². The second-order valence-electron chi connectivity index (χ2n) is 8.79. The number of nitrogens with zero attached hydrogens (tertiary/aromatic N) is 3. The van der Waals surface area contributed by atoms with Gasteiger partial charge in [-0.05, 0) is 54.8 Å². The SMILES string of the molecule is O=C(Nc1ccc(F)c(-c2nc3ncc(-c4ccc(OCC5CO5)cc4)cc3[nH]2)c1)N1CCCC1. The van der Waals surface area contributed by atoms with Crippen LogP contribution in [0.25, 0.3) is 33.7 Å². The van der Waals surface area contributed by atoms with E-state index in [0.717, 1.165) is 49.4 Å². The predicted octanol–water partition coefficient (Wildman–Crippen LogP) is 4.84. The van der Waals surface area contributed by atoms with Crippen LogP contribution in [0.15, 0.2) is 54.7 Å². The minimum absolute atomic E-state index is 0.173. The standard InChI is InChI=1S/C26H24FN5O3/c27-22-8-5-18(29-26(33)32-9-1-2-10-32)12-21(22)24-30-23-11-17(13-28-25(23)31-24)16-3-6-19(7-4-16)34-14-20-15-35-20/h3-8,11-13,20H,1-2,9-10,14-15H2,(H,29,33)(H,28,30,31). The van der Waals surface area contributed by atoms with Gasteiger partial charge in [-0.2, -0.15) is 0 Å². The number of H-pyrrole nitrogens is 1. The number of likely N-dealkylation sites (tertiary alicyclic amines) is 1. The molecule has 0 saturated carbocycles. The molecule has 35 heavy (non-hydrogen) atoms. The molecule has 2 aromatic carbocycles. The molecule has 2 saturated heterocycles. The van der Waals surface area contributed by atoms with Crippen molar-refractivity contribution in [2.75, 3.05) is 31.6 Å². The van der Waals surface area contributed by atoms with E-state index >= 15 is 0 Å². The number of imidazole rings is 1. The minimum Gasteiger partial charge on any atom is -0.491 e. The molecule has 0 radical (unpaired) electrons.